The molecule has 0 spiro atoms. The zero-order valence-corrected chi connectivity index (χ0v) is 23.8. The molecule has 1 aliphatic rings. The summed E-state index contributed by atoms with van der Waals surface area (Å²) in [6.07, 6.45) is 0. The van der Waals surface area contributed by atoms with Crippen LogP contribution in [0.25, 0.3) is 0 Å². The number of nitrogens with zero attached hydrogens (tertiary/aromatic N) is 3. The molecule has 5 rings (SSSR count). The second-order valence-corrected chi connectivity index (χ2v) is 10.5. The second-order valence-electron chi connectivity index (χ2n) is 10.5. The minimum absolute atomic E-state index is 0.0297. The average Bonchev–Trinajstić information content (AvgIpc) is 3.02. The van der Waals surface area contributed by atoms with E-state index in [1.54, 1.807) is 12.1 Å². The van der Waals surface area contributed by atoms with E-state index in [1.807, 2.05) is 48.2 Å². The number of nitrogens with one attached hydrogen (secondary N) is 1. The number of piperazine rings is 1. The summed E-state index contributed by atoms with van der Waals surface area (Å²) in [6, 6.07) is 25.9. The highest BCUT2D eigenvalue weighted by atomic mass is 19.1. The fraction of sp³-hybridized carbons (Fsp3) is 0.206. The summed E-state index contributed by atoms with van der Waals surface area (Å²) in [4.78, 5) is 44.4. The molecule has 1 heterocycles. The lowest BCUT2D eigenvalue weighted by Crippen LogP contribution is -2.48. The standard InChI is InChI=1S/C34H32F2N4O3/c1-24-5-9-26(10-6-24)33(42)39-19-17-38(18-20-39)31-15-13-30(14-16-31)37-32(41)23-40(22-25-7-11-28(35)12-8-25)34(43)27-3-2-4-29(36)21-27/h2-16,21H,17-20,22-23H2,1H3,(H,37,41). The van der Waals surface area contributed by atoms with Gasteiger partial charge in [0.15, 0.2) is 0 Å². The van der Waals surface area contributed by atoms with Gasteiger partial charge in [0, 0.05) is 55.2 Å². The highest BCUT2D eigenvalue weighted by Gasteiger charge is 2.23. The van der Waals surface area contributed by atoms with Crippen molar-refractivity contribution in [2.45, 2.75) is 13.5 Å². The van der Waals surface area contributed by atoms with Crippen molar-refractivity contribution < 1.29 is 23.2 Å². The number of rotatable bonds is 8. The molecule has 4 aromatic rings. The predicted octanol–water partition coefficient (Wildman–Crippen LogP) is 5.52. The number of amides is 3. The molecular weight excluding hydrogens is 550 g/mol. The first kappa shape index (κ1) is 29.4. The van der Waals surface area contributed by atoms with E-state index in [0.29, 0.717) is 43.0 Å². The van der Waals surface area contributed by atoms with Gasteiger partial charge in [0.05, 0.1) is 0 Å². The molecular formula is C34H32F2N4O3. The zero-order valence-electron chi connectivity index (χ0n) is 23.8. The summed E-state index contributed by atoms with van der Waals surface area (Å²) in [5, 5.41) is 2.82. The number of carbonyl (C=O) groups is 3. The Labute approximate surface area is 249 Å². The maximum absolute atomic E-state index is 13.8. The normalized spacial score (nSPS) is 13.0. The number of anilines is 2. The topological polar surface area (TPSA) is 73.0 Å². The van der Waals surface area contributed by atoms with Crippen LogP contribution < -0.4 is 10.2 Å². The van der Waals surface area contributed by atoms with Crippen molar-refractivity contribution >= 4 is 29.1 Å². The van der Waals surface area contributed by atoms with E-state index >= 15 is 0 Å². The molecule has 1 N–H and O–H groups in total. The average molecular weight is 583 g/mol. The third-order valence-electron chi connectivity index (χ3n) is 7.36. The van der Waals surface area contributed by atoms with Crippen LogP contribution in [0.15, 0.2) is 97.1 Å². The van der Waals surface area contributed by atoms with E-state index in [1.165, 1.54) is 47.4 Å². The van der Waals surface area contributed by atoms with E-state index in [-0.39, 0.29) is 24.6 Å². The molecule has 1 saturated heterocycles. The first-order valence-corrected chi connectivity index (χ1v) is 14.1. The maximum atomic E-state index is 13.8. The van der Waals surface area contributed by atoms with Gasteiger partial charge in [-0.3, -0.25) is 14.4 Å². The summed E-state index contributed by atoms with van der Waals surface area (Å²) in [6.45, 7) is 4.33. The molecule has 0 aromatic heterocycles. The Morgan fingerprint density at radius 2 is 1.44 bits per heavy atom. The van der Waals surface area contributed by atoms with Gasteiger partial charge in [0.2, 0.25) is 5.91 Å². The van der Waals surface area contributed by atoms with Crippen molar-refractivity contribution in [1.82, 2.24) is 9.80 Å². The van der Waals surface area contributed by atoms with Gasteiger partial charge in [-0.2, -0.15) is 0 Å². The first-order chi connectivity index (χ1) is 20.7. The Bertz CT molecular complexity index is 1580. The van der Waals surface area contributed by atoms with Crippen LogP contribution in [0.4, 0.5) is 20.2 Å². The molecule has 0 saturated carbocycles. The van der Waals surface area contributed by atoms with Crippen molar-refractivity contribution in [2.75, 3.05) is 42.9 Å². The van der Waals surface area contributed by atoms with E-state index in [4.69, 9.17) is 0 Å². The SMILES string of the molecule is Cc1ccc(C(=O)N2CCN(c3ccc(NC(=O)CN(Cc4ccc(F)cc4)C(=O)c4cccc(F)c4)cc3)CC2)cc1. The Balaban J connectivity index is 1.19. The lowest BCUT2D eigenvalue weighted by Gasteiger charge is -2.36. The maximum Gasteiger partial charge on any atom is 0.254 e. The zero-order chi connectivity index (χ0) is 30.3. The van der Waals surface area contributed by atoms with Crippen LogP contribution in [0.3, 0.4) is 0 Å². The van der Waals surface area contributed by atoms with E-state index in [9.17, 15) is 23.2 Å². The third kappa shape index (κ3) is 7.62. The van der Waals surface area contributed by atoms with Gasteiger partial charge >= 0.3 is 0 Å². The third-order valence-corrected chi connectivity index (χ3v) is 7.36. The number of hydrogen-bond acceptors (Lipinski definition) is 4. The molecule has 0 radical (unpaired) electrons. The van der Waals surface area contributed by atoms with Crippen molar-refractivity contribution in [3.8, 4) is 0 Å². The fourth-order valence-corrected chi connectivity index (χ4v) is 4.99. The van der Waals surface area contributed by atoms with E-state index < -0.39 is 23.4 Å². The van der Waals surface area contributed by atoms with Crippen LogP contribution >= 0.6 is 0 Å². The lowest BCUT2D eigenvalue weighted by molar-refractivity contribution is -0.117. The number of halogens is 2. The summed E-state index contributed by atoms with van der Waals surface area (Å²) in [5.41, 5.74) is 4.07. The van der Waals surface area contributed by atoms with Gasteiger partial charge in [0.25, 0.3) is 11.8 Å². The smallest absolute Gasteiger partial charge is 0.254 e. The van der Waals surface area contributed by atoms with Crippen molar-refractivity contribution in [3.05, 3.63) is 131 Å². The Hall–Kier alpha value is -5.05. The molecule has 220 valence electrons. The first-order valence-electron chi connectivity index (χ1n) is 14.1. The van der Waals surface area contributed by atoms with Gasteiger partial charge in [-0.05, 0) is 79.2 Å². The highest BCUT2D eigenvalue weighted by Crippen LogP contribution is 2.21. The summed E-state index contributed by atoms with van der Waals surface area (Å²) in [5.74, 6) is -1.89. The van der Waals surface area contributed by atoms with Crippen molar-refractivity contribution in [2.24, 2.45) is 0 Å². The van der Waals surface area contributed by atoms with Crippen molar-refractivity contribution in [1.29, 1.82) is 0 Å². The van der Waals surface area contributed by atoms with Gasteiger partial charge in [0.1, 0.15) is 18.2 Å². The van der Waals surface area contributed by atoms with Crippen LogP contribution in [-0.2, 0) is 11.3 Å². The summed E-state index contributed by atoms with van der Waals surface area (Å²) < 4.78 is 27.2. The molecule has 0 unspecified atom stereocenters. The molecule has 0 aliphatic carbocycles. The molecule has 1 fully saturated rings. The van der Waals surface area contributed by atoms with Crippen LogP contribution in [0, 0.1) is 18.6 Å². The molecule has 7 nitrogen and oxygen atoms in total. The molecule has 4 aromatic carbocycles. The molecule has 43 heavy (non-hydrogen) atoms. The molecule has 0 bridgehead atoms. The number of hydrogen-bond donors (Lipinski definition) is 1. The molecule has 0 atom stereocenters. The summed E-state index contributed by atoms with van der Waals surface area (Å²) in [7, 11) is 0. The predicted molar refractivity (Wildman–Crippen MR) is 162 cm³/mol. The molecule has 1 aliphatic heterocycles. The van der Waals surface area contributed by atoms with Crippen LogP contribution in [0.1, 0.15) is 31.8 Å². The number of benzene rings is 4. The molecule has 3 amide bonds. The minimum atomic E-state index is -0.559. The minimum Gasteiger partial charge on any atom is -0.368 e. The van der Waals surface area contributed by atoms with Crippen LogP contribution in [-0.4, -0.2) is 60.2 Å². The van der Waals surface area contributed by atoms with E-state index in [0.717, 1.165) is 17.3 Å². The largest absolute Gasteiger partial charge is 0.368 e. The Kier molecular flexibility index (Phi) is 9.10. The number of aryl methyl sites for hydroxylation is 1. The van der Waals surface area contributed by atoms with Crippen molar-refractivity contribution in [3.63, 3.8) is 0 Å². The van der Waals surface area contributed by atoms with E-state index in [2.05, 4.69) is 10.2 Å². The monoisotopic (exact) mass is 582 g/mol. The lowest BCUT2D eigenvalue weighted by atomic mass is 10.1. The second kappa shape index (κ2) is 13.3. The molecule has 9 heteroatoms. The Morgan fingerprint density at radius 3 is 2.09 bits per heavy atom. The highest BCUT2D eigenvalue weighted by molar-refractivity contribution is 5.99. The summed E-state index contributed by atoms with van der Waals surface area (Å²) >= 11 is 0. The van der Waals surface area contributed by atoms with Gasteiger partial charge in [-0.1, -0.05) is 35.9 Å². The van der Waals surface area contributed by atoms with Gasteiger partial charge in [-0.25, -0.2) is 8.78 Å². The fourth-order valence-electron chi connectivity index (χ4n) is 4.99. The Morgan fingerprint density at radius 1 is 0.767 bits per heavy atom. The number of carbonyl (C=O) groups excluding carboxylic acids is 3. The van der Waals surface area contributed by atoms with Crippen LogP contribution in [0.5, 0.6) is 0 Å². The quantitative estimate of drug-likeness (QED) is 0.297. The van der Waals surface area contributed by atoms with Gasteiger partial charge in [-0.15, -0.1) is 0 Å². The van der Waals surface area contributed by atoms with Gasteiger partial charge < -0.3 is 20.0 Å². The van der Waals surface area contributed by atoms with Crippen LogP contribution in [0.2, 0.25) is 0 Å².